The van der Waals surface area contributed by atoms with E-state index in [0.29, 0.717) is 12.8 Å². The lowest BCUT2D eigenvalue weighted by Crippen LogP contribution is -2.41. The topological polar surface area (TPSA) is 76.4 Å². The highest BCUT2D eigenvalue weighted by atomic mass is 19.1. The van der Waals surface area contributed by atoms with Crippen molar-refractivity contribution in [3.05, 3.63) is 47.5 Å². The molecule has 128 valence electrons. The standard InChI is InChI=1S/C17H20FN3O3/c1-21-9-11(8-19-21)16(10-6-12(22)7-10)20-17(23)15-13(18)4-3-5-14(15)24-2/h3-5,8-10,12,16,22H,6-7H2,1-2H3,(H,20,23). The molecule has 0 radical (unpaired) electrons. The molecule has 1 fully saturated rings. The minimum absolute atomic E-state index is 0.0888. The number of hydrogen-bond donors (Lipinski definition) is 2. The Hall–Kier alpha value is -2.41. The van der Waals surface area contributed by atoms with Gasteiger partial charge in [-0.15, -0.1) is 0 Å². The van der Waals surface area contributed by atoms with Crippen LogP contribution in [0.3, 0.4) is 0 Å². The van der Waals surface area contributed by atoms with Crippen molar-refractivity contribution in [2.45, 2.75) is 25.0 Å². The fraction of sp³-hybridized carbons (Fsp3) is 0.412. The van der Waals surface area contributed by atoms with Crippen molar-refractivity contribution in [1.82, 2.24) is 15.1 Å². The van der Waals surface area contributed by atoms with Gasteiger partial charge in [0.2, 0.25) is 0 Å². The largest absolute Gasteiger partial charge is 0.496 e. The third-order valence-electron chi connectivity index (χ3n) is 4.41. The van der Waals surface area contributed by atoms with Crippen molar-refractivity contribution >= 4 is 5.91 Å². The normalized spacial score (nSPS) is 21.0. The molecule has 0 saturated heterocycles. The van der Waals surface area contributed by atoms with Crippen molar-refractivity contribution in [2.75, 3.05) is 7.11 Å². The maximum absolute atomic E-state index is 14.1. The Morgan fingerprint density at radius 2 is 2.25 bits per heavy atom. The number of nitrogens with one attached hydrogen (secondary N) is 1. The molecule has 1 heterocycles. The summed E-state index contributed by atoms with van der Waals surface area (Å²) < 4.78 is 20.9. The van der Waals surface area contributed by atoms with Gasteiger partial charge < -0.3 is 15.2 Å². The van der Waals surface area contributed by atoms with Crippen LogP contribution in [-0.4, -0.2) is 34.0 Å². The third kappa shape index (κ3) is 3.12. The molecular formula is C17H20FN3O3. The van der Waals surface area contributed by atoms with Crippen LogP contribution in [0.25, 0.3) is 0 Å². The number of carbonyl (C=O) groups is 1. The van der Waals surface area contributed by atoms with Gasteiger partial charge in [-0.25, -0.2) is 4.39 Å². The molecule has 6 nitrogen and oxygen atoms in total. The smallest absolute Gasteiger partial charge is 0.258 e. The molecule has 1 aliphatic rings. The van der Waals surface area contributed by atoms with Gasteiger partial charge in [0.1, 0.15) is 17.1 Å². The van der Waals surface area contributed by atoms with Gasteiger partial charge in [-0.1, -0.05) is 6.07 Å². The zero-order valence-corrected chi connectivity index (χ0v) is 13.6. The number of halogens is 1. The number of aliphatic hydroxyl groups excluding tert-OH is 1. The Morgan fingerprint density at radius 1 is 1.50 bits per heavy atom. The molecule has 7 heteroatoms. The van der Waals surface area contributed by atoms with Crippen LogP contribution in [0.1, 0.15) is 34.8 Å². The Kier molecular flexibility index (Phi) is 4.53. The van der Waals surface area contributed by atoms with Crippen molar-refractivity contribution in [1.29, 1.82) is 0 Å². The third-order valence-corrected chi connectivity index (χ3v) is 4.41. The maximum atomic E-state index is 14.1. The number of aliphatic hydroxyl groups is 1. The first-order valence-corrected chi connectivity index (χ1v) is 7.79. The van der Waals surface area contributed by atoms with Gasteiger partial charge in [0.25, 0.3) is 5.91 Å². The molecule has 1 aliphatic carbocycles. The van der Waals surface area contributed by atoms with E-state index >= 15 is 0 Å². The molecule has 0 bridgehead atoms. The summed E-state index contributed by atoms with van der Waals surface area (Å²) in [5.74, 6) is -0.900. The zero-order valence-electron chi connectivity index (χ0n) is 13.6. The number of aryl methyl sites for hydroxylation is 1. The van der Waals surface area contributed by atoms with Crippen LogP contribution in [0.2, 0.25) is 0 Å². The van der Waals surface area contributed by atoms with E-state index < -0.39 is 11.7 Å². The molecular weight excluding hydrogens is 313 g/mol. The number of carbonyl (C=O) groups excluding carboxylic acids is 1. The van der Waals surface area contributed by atoms with E-state index in [-0.39, 0.29) is 29.4 Å². The van der Waals surface area contributed by atoms with Crippen molar-refractivity contribution in [2.24, 2.45) is 13.0 Å². The molecule has 3 rings (SSSR count). The zero-order chi connectivity index (χ0) is 17.3. The van der Waals surface area contributed by atoms with Crippen LogP contribution < -0.4 is 10.1 Å². The van der Waals surface area contributed by atoms with Crippen molar-refractivity contribution < 1.29 is 19.0 Å². The average Bonchev–Trinajstić information content (AvgIpc) is 2.95. The number of benzene rings is 1. The van der Waals surface area contributed by atoms with E-state index in [9.17, 15) is 14.3 Å². The van der Waals surface area contributed by atoms with Crippen molar-refractivity contribution in [3.63, 3.8) is 0 Å². The van der Waals surface area contributed by atoms with E-state index in [4.69, 9.17) is 4.74 Å². The van der Waals surface area contributed by atoms with E-state index in [1.54, 1.807) is 24.0 Å². The van der Waals surface area contributed by atoms with Crippen LogP contribution in [0, 0.1) is 11.7 Å². The SMILES string of the molecule is COc1cccc(F)c1C(=O)NC(c1cnn(C)c1)C1CC(O)C1. The fourth-order valence-electron chi connectivity index (χ4n) is 3.08. The van der Waals surface area contributed by atoms with Crippen LogP contribution in [0.5, 0.6) is 5.75 Å². The summed E-state index contributed by atoms with van der Waals surface area (Å²) in [6.45, 7) is 0. The van der Waals surface area contributed by atoms with E-state index in [1.807, 2.05) is 6.20 Å². The molecule has 1 aromatic heterocycles. The molecule has 0 aliphatic heterocycles. The summed E-state index contributed by atoms with van der Waals surface area (Å²) in [5.41, 5.74) is 0.715. The van der Waals surface area contributed by atoms with Gasteiger partial charge in [0.05, 0.1) is 25.5 Å². The molecule has 1 aromatic carbocycles. The van der Waals surface area contributed by atoms with Crippen LogP contribution >= 0.6 is 0 Å². The molecule has 0 spiro atoms. The predicted octanol–water partition coefficient (Wildman–Crippen LogP) is 1.81. The molecule has 24 heavy (non-hydrogen) atoms. The van der Waals surface area contributed by atoms with Crippen molar-refractivity contribution in [3.8, 4) is 5.75 Å². The highest BCUT2D eigenvalue weighted by molar-refractivity contribution is 5.97. The van der Waals surface area contributed by atoms with Gasteiger partial charge in [0.15, 0.2) is 0 Å². The lowest BCUT2D eigenvalue weighted by atomic mass is 9.75. The Balaban J connectivity index is 1.86. The van der Waals surface area contributed by atoms with Gasteiger partial charge in [-0.2, -0.15) is 5.10 Å². The molecule has 2 N–H and O–H groups in total. The predicted molar refractivity (Wildman–Crippen MR) is 85.1 cm³/mol. The number of amides is 1. The van der Waals surface area contributed by atoms with E-state index in [0.717, 1.165) is 5.56 Å². The monoisotopic (exact) mass is 333 g/mol. The van der Waals surface area contributed by atoms with Gasteiger partial charge in [-0.05, 0) is 30.9 Å². The molecule has 1 unspecified atom stereocenters. The first-order chi connectivity index (χ1) is 11.5. The van der Waals surface area contributed by atoms with Gasteiger partial charge in [-0.3, -0.25) is 9.48 Å². The highest BCUT2D eigenvalue weighted by Gasteiger charge is 2.37. The Bertz CT molecular complexity index is 740. The second kappa shape index (κ2) is 6.60. The van der Waals surface area contributed by atoms with Gasteiger partial charge >= 0.3 is 0 Å². The lowest BCUT2D eigenvalue weighted by molar-refractivity contribution is 0.0234. The molecule has 1 amide bonds. The molecule has 1 saturated carbocycles. The number of rotatable bonds is 5. The summed E-state index contributed by atoms with van der Waals surface area (Å²) in [7, 11) is 3.18. The average molecular weight is 333 g/mol. The highest BCUT2D eigenvalue weighted by Crippen LogP contribution is 2.38. The number of methoxy groups -OCH3 is 1. The summed E-state index contributed by atoms with van der Waals surface area (Å²) >= 11 is 0. The van der Waals surface area contributed by atoms with Crippen LogP contribution in [0.4, 0.5) is 4.39 Å². The summed E-state index contributed by atoms with van der Waals surface area (Å²) in [5, 5.41) is 16.6. The quantitative estimate of drug-likeness (QED) is 0.875. The minimum atomic E-state index is -0.634. The Morgan fingerprint density at radius 3 is 2.83 bits per heavy atom. The second-order valence-electron chi connectivity index (χ2n) is 6.10. The summed E-state index contributed by atoms with van der Waals surface area (Å²) in [4.78, 5) is 12.6. The Labute approximate surface area is 139 Å². The second-order valence-corrected chi connectivity index (χ2v) is 6.10. The summed E-state index contributed by atoms with van der Waals surface area (Å²) in [6.07, 6.45) is 4.32. The first kappa shape index (κ1) is 16.4. The minimum Gasteiger partial charge on any atom is -0.496 e. The molecule has 2 aromatic rings. The number of aromatic nitrogens is 2. The number of nitrogens with zero attached hydrogens (tertiary/aromatic N) is 2. The number of ether oxygens (including phenoxy) is 1. The van der Waals surface area contributed by atoms with Gasteiger partial charge in [0, 0.05) is 18.8 Å². The maximum Gasteiger partial charge on any atom is 0.258 e. The molecule has 1 atom stereocenters. The summed E-state index contributed by atoms with van der Waals surface area (Å²) in [6, 6.07) is 3.93. The van der Waals surface area contributed by atoms with Crippen LogP contribution in [-0.2, 0) is 7.05 Å². The van der Waals surface area contributed by atoms with E-state index in [1.165, 1.54) is 19.2 Å². The number of hydrogen-bond acceptors (Lipinski definition) is 4. The first-order valence-electron chi connectivity index (χ1n) is 7.79. The lowest BCUT2D eigenvalue weighted by Gasteiger charge is -2.37. The fourth-order valence-corrected chi connectivity index (χ4v) is 3.08. The van der Waals surface area contributed by atoms with Crippen LogP contribution in [0.15, 0.2) is 30.6 Å². The van der Waals surface area contributed by atoms with E-state index in [2.05, 4.69) is 10.4 Å².